The first-order valence-corrected chi connectivity index (χ1v) is 13.6. The molecule has 0 aliphatic carbocycles. The summed E-state index contributed by atoms with van der Waals surface area (Å²) < 4.78 is 43.5. The Morgan fingerprint density at radius 3 is 2.41 bits per heavy atom. The Kier molecular flexibility index (Phi) is 8.44. The van der Waals surface area contributed by atoms with Crippen molar-refractivity contribution in [3.63, 3.8) is 0 Å². The number of carbonyl (C=O) groups is 1. The standard InChI is InChI=1S/C30H33F3N6O2/c1-21(23-5-7-24(8-6-23)38-17-15-37(2)16-18-38)35-29(40)12-11-28-36-26-13-14-34-19-27(26)39(28)20-22-3-9-25(10-4-22)41-30(31,32)33/h3-10,13-14,19,21H,11-12,15-18,20H2,1-2H3,(H,35,40)/t21-/m0/s1. The molecule has 0 bridgehead atoms. The van der Waals surface area contributed by atoms with E-state index >= 15 is 0 Å². The molecule has 2 aromatic heterocycles. The quantitative estimate of drug-likeness (QED) is 0.310. The largest absolute Gasteiger partial charge is 0.573 e. The number of hydrogen-bond donors (Lipinski definition) is 1. The summed E-state index contributed by atoms with van der Waals surface area (Å²) in [5.74, 6) is 0.326. The van der Waals surface area contributed by atoms with E-state index in [0.717, 1.165) is 48.3 Å². The van der Waals surface area contributed by atoms with Gasteiger partial charge in [0.2, 0.25) is 5.91 Å². The summed E-state index contributed by atoms with van der Waals surface area (Å²) in [6, 6.07) is 15.7. The van der Waals surface area contributed by atoms with E-state index in [0.29, 0.717) is 18.8 Å². The van der Waals surface area contributed by atoms with Gasteiger partial charge in [-0.05, 0) is 55.4 Å². The van der Waals surface area contributed by atoms with Crippen LogP contribution in [0.25, 0.3) is 11.0 Å². The number of amides is 1. The van der Waals surface area contributed by atoms with Crippen LogP contribution in [0.2, 0.25) is 0 Å². The molecular weight excluding hydrogens is 533 g/mol. The summed E-state index contributed by atoms with van der Waals surface area (Å²) in [6.07, 6.45) is -0.770. The van der Waals surface area contributed by atoms with E-state index < -0.39 is 6.36 Å². The molecule has 5 rings (SSSR count). The second-order valence-electron chi connectivity index (χ2n) is 10.3. The van der Waals surface area contributed by atoms with Crippen molar-refractivity contribution >= 4 is 22.6 Å². The minimum atomic E-state index is -4.74. The van der Waals surface area contributed by atoms with Crippen molar-refractivity contribution in [2.45, 2.75) is 38.7 Å². The van der Waals surface area contributed by atoms with Crippen molar-refractivity contribution in [2.24, 2.45) is 0 Å². The van der Waals surface area contributed by atoms with E-state index in [9.17, 15) is 18.0 Å². The van der Waals surface area contributed by atoms with Crippen LogP contribution in [0.5, 0.6) is 5.75 Å². The summed E-state index contributed by atoms with van der Waals surface area (Å²) in [4.78, 5) is 26.5. The summed E-state index contributed by atoms with van der Waals surface area (Å²) in [5, 5.41) is 3.08. The van der Waals surface area contributed by atoms with Gasteiger partial charge >= 0.3 is 6.36 Å². The first-order chi connectivity index (χ1) is 19.6. The first-order valence-electron chi connectivity index (χ1n) is 13.6. The molecule has 4 aromatic rings. The van der Waals surface area contributed by atoms with Gasteiger partial charge in [-0.3, -0.25) is 9.78 Å². The van der Waals surface area contributed by atoms with Gasteiger partial charge in [-0.25, -0.2) is 4.98 Å². The second-order valence-corrected chi connectivity index (χ2v) is 10.3. The second kappa shape index (κ2) is 12.2. The topological polar surface area (TPSA) is 75.5 Å². The van der Waals surface area contributed by atoms with E-state index in [4.69, 9.17) is 4.98 Å². The molecule has 41 heavy (non-hydrogen) atoms. The van der Waals surface area contributed by atoms with Gasteiger partial charge in [-0.1, -0.05) is 24.3 Å². The molecule has 1 atom stereocenters. The fourth-order valence-electron chi connectivity index (χ4n) is 5.03. The molecule has 0 spiro atoms. The predicted molar refractivity (Wildman–Crippen MR) is 151 cm³/mol. The van der Waals surface area contributed by atoms with Crippen molar-refractivity contribution < 1.29 is 22.7 Å². The molecular formula is C30H33F3N6O2. The van der Waals surface area contributed by atoms with Crippen molar-refractivity contribution in [1.29, 1.82) is 0 Å². The lowest BCUT2D eigenvalue weighted by molar-refractivity contribution is -0.274. The Hall–Kier alpha value is -4.12. The Morgan fingerprint density at radius 1 is 1.02 bits per heavy atom. The third kappa shape index (κ3) is 7.35. The van der Waals surface area contributed by atoms with Crippen LogP contribution in [0, 0.1) is 0 Å². The van der Waals surface area contributed by atoms with Gasteiger partial charge in [-0.2, -0.15) is 0 Å². The number of rotatable bonds is 9. The number of carbonyl (C=O) groups excluding carboxylic acids is 1. The maximum atomic E-state index is 12.9. The summed E-state index contributed by atoms with van der Waals surface area (Å²) in [6.45, 7) is 6.42. The summed E-state index contributed by atoms with van der Waals surface area (Å²) >= 11 is 0. The highest BCUT2D eigenvalue weighted by molar-refractivity contribution is 5.77. The lowest BCUT2D eigenvalue weighted by Gasteiger charge is -2.34. The molecule has 1 aliphatic heterocycles. The number of nitrogens with zero attached hydrogens (tertiary/aromatic N) is 5. The fraction of sp³-hybridized carbons (Fsp3) is 0.367. The van der Waals surface area contributed by atoms with E-state index in [-0.39, 0.29) is 24.1 Å². The predicted octanol–water partition coefficient (Wildman–Crippen LogP) is 4.94. The first kappa shape index (κ1) is 28.4. The van der Waals surface area contributed by atoms with Crippen LogP contribution >= 0.6 is 0 Å². The number of imidazole rings is 1. The monoisotopic (exact) mass is 566 g/mol. The van der Waals surface area contributed by atoms with Crippen LogP contribution in [0.3, 0.4) is 0 Å². The third-order valence-corrected chi connectivity index (χ3v) is 7.34. The highest BCUT2D eigenvalue weighted by atomic mass is 19.4. The van der Waals surface area contributed by atoms with Crippen LogP contribution in [-0.2, 0) is 17.8 Å². The molecule has 0 unspecified atom stereocenters. The molecule has 11 heteroatoms. The molecule has 3 heterocycles. The van der Waals surface area contributed by atoms with Crippen LogP contribution in [0.1, 0.15) is 36.3 Å². The lowest BCUT2D eigenvalue weighted by atomic mass is 10.1. The average molecular weight is 567 g/mol. The highest BCUT2D eigenvalue weighted by Crippen LogP contribution is 2.25. The normalized spacial score (nSPS) is 15.2. The van der Waals surface area contributed by atoms with Crippen LogP contribution < -0.4 is 15.0 Å². The van der Waals surface area contributed by atoms with Crippen LogP contribution in [-0.4, -0.2) is 64.9 Å². The Morgan fingerprint density at radius 2 is 1.73 bits per heavy atom. The zero-order valence-corrected chi connectivity index (χ0v) is 23.1. The fourth-order valence-corrected chi connectivity index (χ4v) is 5.03. The molecule has 1 fully saturated rings. The number of benzene rings is 2. The number of fused-ring (bicyclic) bond motifs is 1. The number of aryl methyl sites for hydroxylation is 1. The van der Waals surface area contributed by atoms with Crippen LogP contribution in [0.4, 0.5) is 18.9 Å². The van der Waals surface area contributed by atoms with Crippen molar-refractivity contribution in [1.82, 2.24) is 24.8 Å². The van der Waals surface area contributed by atoms with Gasteiger partial charge in [0.1, 0.15) is 11.6 Å². The number of halogens is 3. The van der Waals surface area contributed by atoms with Crippen molar-refractivity contribution in [3.05, 3.63) is 83.9 Å². The maximum absolute atomic E-state index is 12.9. The maximum Gasteiger partial charge on any atom is 0.573 e. The Bertz CT molecular complexity index is 1460. The number of anilines is 1. The Balaban J connectivity index is 1.21. The number of alkyl halides is 3. The summed E-state index contributed by atoms with van der Waals surface area (Å²) in [7, 11) is 2.14. The summed E-state index contributed by atoms with van der Waals surface area (Å²) in [5.41, 5.74) is 4.51. The van der Waals surface area contributed by atoms with Gasteiger partial charge < -0.3 is 24.4 Å². The zero-order valence-electron chi connectivity index (χ0n) is 23.1. The van der Waals surface area contributed by atoms with E-state index in [1.807, 2.05) is 11.5 Å². The molecule has 1 N–H and O–H groups in total. The van der Waals surface area contributed by atoms with E-state index in [1.165, 1.54) is 17.8 Å². The van der Waals surface area contributed by atoms with E-state index in [1.54, 1.807) is 30.6 Å². The van der Waals surface area contributed by atoms with Crippen molar-refractivity contribution in [2.75, 3.05) is 38.1 Å². The molecule has 8 nitrogen and oxygen atoms in total. The molecule has 216 valence electrons. The van der Waals surface area contributed by atoms with Crippen molar-refractivity contribution in [3.8, 4) is 5.75 Å². The minimum absolute atomic E-state index is 0.0916. The van der Waals surface area contributed by atoms with Gasteiger partial charge in [0.15, 0.2) is 0 Å². The number of aromatic nitrogens is 3. The van der Waals surface area contributed by atoms with Gasteiger partial charge in [0.25, 0.3) is 0 Å². The number of nitrogens with one attached hydrogen (secondary N) is 1. The number of piperazine rings is 1. The molecule has 1 amide bonds. The molecule has 2 aromatic carbocycles. The lowest BCUT2D eigenvalue weighted by Crippen LogP contribution is -2.44. The highest BCUT2D eigenvalue weighted by Gasteiger charge is 2.31. The number of ether oxygens (including phenoxy) is 1. The van der Waals surface area contributed by atoms with Gasteiger partial charge in [0.05, 0.1) is 23.3 Å². The molecule has 0 radical (unpaired) electrons. The molecule has 1 saturated heterocycles. The number of likely N-dealkylation sites (N-methyl/N-ethyl adjacent to an activating group) is 1. The van der Waals surface area contributed by atoms with Gasteiger partial charge in [-0.15, -0.1) is 13.2 Å². The van der Waals surface area contributed by atoms with Gasteiger partial charge in [0, 0.05) is 57.4 Å². The molecule has 0 saturated carbocycles. The third-order valence-electron chi connectivity index (χ3n) is 7.34. The SMILES string of the molecule is C[C@H](NC(=O)CCc1nc2ccncc2n1Cc1ccc(OC(F)(F)F)cc1)c1ccc(N2CCN(C)CC2)cc1. The smallest absolute Gasteiger partial charge is 0.406 e. The molecule has 1 aliphatic rings. The number of hydrogen-bond acceptors (Lipinski definition) is 6. The minimum Gasteiger partial charge on any atom is -0.406 e. The van der Waals surface area contributed by atoms with E-state index in [2.05, 4.69) is 56.2 Å². The number of pyridine rings is 1. The zero-order chi connectivity index (χ0) is 29.0. The van der Waals surface area contributed by atoms with Crippen LogP contribution in [0.15, 0.2) is 67.0 Å². The average Bonchev–Trinajstić information content (AvgIpc) is 3.30. The Labute approximate surface area is 236 Å².